The van der Waals surface area contributed by atoms with E-state index < -0.39 is 0 Å². The van der Waals surface area contributed by atoms with Crippen molar-refractivity contribution in [2.45, 2.75) is 32.7 Å². The molecule has 0 spiro atoms. The first-order chi connectivity index (χ1) is 6.72. The fourth-order valence-corrected chi connectivity index (χ4v) is 1.44. The van der Waals surface area contributed by atoms with Crippen LogP contribution in [0.25, 0.3) is 0 Å². The molecule has 1 atom stereocenters. The summed E-state index contributed by atoms with van der Waals surface area (Å²) in [6, 6.07) is 3.88. The van der Waals surface area contributed by atoms with E-state index in [1.54, 1.807) is 12.3 Å². The first kappa shape index (κ1) is 11.0. The molecule has 0 saturated heterocycles. The summed E-state index contributed by atoms with van der Waals surface area (Å²) >= 11 is 0. The molecule has 1 rings (SSSR count). The van der Waals surface area contributed by atoms with E-state index in [4.69, 9.17) is 4.42 Å². The van der Waals surface area contributed by atoms with Crippen molar-refractivity contribution >= 4 is 5.78 Å². The maximum absolute atomic E-state index is 11.5. The van der Waals surface area contributed by atoms with Crippen LogP contribution in [-0.4, -0.2) is 18.4 Å². The molecule has 78 valence electrons. The lowest BCUT2D eigenvalue weighted by atomic mass is 10.1. The van der Waals surface area contributed by atoms with Crippen LogP contribution in [0.1, 0.15) is 26.0 Å². The van der Waals surface area contributed by atoms with Gasteiger partial charge in [-0.25, -0.2) is 0 Å². The molecule has 0 radical (unpaired) electrons. The zero-order valence-electron chi connectivity index (χ0n) is 8.75. The summed E-state index contributed by atoms with van der Waals surface area (Å²) in [6.45, 7) is 4.95. The largest absolute Gasteiger partial charge is 0.469 e. The Balaban J connectivity index is 2.29. The number of Topliss-reactive ketones (excluding diaryl/α,β-unsaturated/α-hetero) is 1. The molecule has 1 aromatic rings. The van der Waals surface area contributed by atoms with Crippen molar-refractivity contribution in [3.8, 4) is 0 Å². The van der Waals surface area contributed by atoms with Crippen molar-refractivity contribution in [3.05, 3.63) is 24.2 Å². The Morgan fingerprint density at radius 3 is 3.00 bits per heavy atom. The second-order valence-corrected chi connectivity index (χ2v) is 3.46. The minimum absolute atomic E-state index is 0.216. The van der Waals surface area contributed by atoms with Crippen molar-refractivity contribution in [3.63, 3.8) is 0 Å². The average molecular weight is 195 g/mol. The topological polar surface area (TPSA) is 42.2 Å². The van der Waals surface area contributed by atoms with Crippen LogP contribution in [0.3, 0.4) is 0 Å². The molecule has 3 nitrogen and oxygen atoms in total. The molecule has 0 bridgehead atoms. The number of rotatable bonds is 6. The molecule has 1 unspecified atom stereocenters. The molecule has 0 aliphatic carbocycles. The lowest BCUT2D eigenvalue weighted by Gasteiger charge is -2.10. The summed E-state index contributed by atoms with van der Waals surface area (Å²) in [5, 5.41) is 3.20. The molecular formula is C11H17NO2. The van der Waals surface area contributed by atoms with E-state index in [2.05, 4.69) is 5.32 Å². The fourth-order valence-electron chi connectivity index (χ4n) is 1.44. The normalized spacial score (nSPS) is 12.7. The van der Waals surface area contributed by atoms with E-state index in [9.17, 15) is 4.79 Å². The molecule has 0 amide bonds. The van der Waals surface area contributed by atoms with Crippen molar-refractivity contribution < 1.29 is 9.21 Å². The average Bonchev–Trinajstić information content (AvgIpc) is 2.56. The van der Waals surface area contributed by atoms with E-state index >= 15 is 0 Å². The number of nitrogens with one attached hydrogen (secondary N) is 1. The van der Waals surface area contributed by atoms with E-state index in [1.165, 1.54) is 0 Å². The van der Waals surface area contributed by atoms with Crippen molar-refractivity contribution in [2.75, 3.05) is 6.54 Å². The Morgan fingerprint density at radius 1 is 1.64 bits per heavy atom. The summed E-state index contributed by atoms with van der Waals surface area (Å²) in [5.41, 5.74) is 0. The third kappa shape index (κ3) is 3.75. The molecule has 1 heterocycles. The van der Waals surface area contributed by atoms with Crippen molar-refractivity contribution in [1.82, 2.24) is 5.32 Å². The molecule has 3 heteroatoms. The zero-order chi connectivity index (χ0) is 10.4. The van der Waals surface area contributed by atoms with Gasteiger partial charge in [0.2, 0.25) is 0 Å². The van der Waals surface area contributed by atoms with Crippen LogP contribution in [0.2, 0.25) is 0 Å². The second-order valence-electron chi connectivity index (χ2n) is 3.46. The van der Waals surface area contributed by atoms with Gasteiger partial charge in [0.25, 0.3) is 0 Å². The lowest BCUT2D eigenvalue weighted by Crippen LogP contribution is -2.28. The van der Waals surface area contributed by atoms with Gasteiger partial charge in [0.05, 0.1) is 12.7 Å². The Morgan fingerprint density at radius 2 is 2.43 bits per heavy atom. The molecule has 0 aromatic carbocycles. The van der Waals surface area contributed by atoms with Gasteiger partial charge in [-0.3, -0.25) is 4.79 Å². The number of carbonyl (C=O) groups excluding carboxylic acids is 1. The summed E-state index contributed by atoms with van der Waals surface area (Å²) in [6.07, 6.45) is 2.56. The predicted octanol–water partition coefficient (Wildman–Crippen LogP) is 1.78. The molecule has 1 aromatic heterocycles. The summed E-state index contributed by atoms with van der Waals surface area (Å²) in [4.78, 5) is 11.5. The summed E-state index contributed by atoms with van der Waals surface area (Å²) < 4.78 is 5.10. The van der Waals surface area contributed by atoms with Gasteiger partial charge in [0.1, 0.15) is 11.5 Å². The lowest BCUT2D eigenvalue weighted by molar-refractivity contribution is -0.119. The van der Waals surface area contributed by atoms with Gasteiger partial charge in [-0.2, -0.15) is 0 Å². The second kappa shape index (κ2) is 5.60. The zero-order valence-corrected chi connectivity index (χ0v) is 8.75. The summed E-state index contributed by atoms with van der Waals surface area (Å²) in [7, 11) is 0. The highest BCUT2D eigenvalue weighted by atomic mass is 16.3. The third-order valence-electron chi connectivity index (χ3n) is 2.04. The highest BCUT2D eigenvalue weighted by molar-refractivity contribution is 5.80. The van der Waals surface area contributed by atoms with Gasteiger partial charge >= 0.3 is 0 Å². The minimum atomic E-state index is 0.216. The molecule has 0 saturated carbocycles. The van der Waals surface area contributed by atoms with Gasteiger partial charge in [0, 0.05) is 12.5 Å². The fraction of sp³-hybridized carbons (Fsp3) is 0.545. The highest BCUT2D eigenvalue weighted by Crippen LogP contribution is 2.04. The van der Waals surface area contributed by atoms with Gasteiger partial charge in [-0.05, 0) is 25.6 Å². The molecule has 14 heavy (non-hydrogen) atoms. The van der Waals surface area contributed by atoms with Crippen LogP contribution in [-0.2, 0) is 11.2 Å². The molecule has 0 aliphatic rings. The van der Waals surface area contributed by atoms with Gasteiger partial charge in [0.15, 0.2) is 0 Å². The Kier molecular flexibility index (Phi) is 4.40. The SMILES string of the molecule is CCNC(C)CC(=O)Cc1ccco1. The van der Waals surface area contributed by atoms with Crippen LogP contribution in [0.5, 0.6) is 0 Å². The minimum Gasteiger partial charge on any atom is -0.469 e. The summed E-state index contributed by atoms with van der Waals surface area (Å²) in [5.74, 6) is 0.965. The number of ketones is 1. The molecule has 0 fully saturated rings. The van der Waals surface area contributed by atoms with Crippen LogP contribution in [0.4, 0.5) is 0 Å². The number of furan rings is 1. The van der Waals surface area contributed by atoms with Gasteiger partial charge in [-0.1, -0.05) is 6.92 Å². The highest BCUT2D eigenvalue weighted by Gasteiger charge is 2.09. The van der Waals surface area contributed by atoms with Crippen LogP contribution < -0.4 is 5.32 Å². The van der Waals surface area contributed by atoms with Gasteiger partial charge < -0.3 is 9.73 Å². The van der Waals surface area contributed by atoms with Crippen LogP contribution in [0, 0.1) is 0 Å². The number of carbonyl (C=O) groups is 1. The predicted molar refractivity (Wildman–Crippen MR) is 55.2 cm³/mol. The monoisotopic (exact) mass is 195 g/mol. The first-order valence-electron chi connectivity index (χ1n) is 4.99. The van der Waals surface area contributed by atoms with Crippen molar-refractivity contribution in [1.29, 1.82) is 0 Å². The Hall–Kier alpha value is -1.09. The maximum Gasteiger partial charge on any atom is 0.141 e. The smallest absolute Gasteiger partial charge is 0.141 e. The van der Waals surface area contributed by atoms with E-state index in [0.29, 0.717) is 12.8 Å². The van der Waals surface area contributed by atoms with E-state index in [-0.39, 0.29) is 11.8 Å². The molecular weight excluding hydrogens is 178 g/mol. The van der Waals surface area contributed by atoms with Gasteiger partial charge in [-0.15, -0.1) is 0 Å². The quantitative estimate of drug-likeness (QED) is 0.752. The first-order valence-corrected chi connectivity index (χ1v) is 4.99. The van der Waals surface area contributed by atoms with E-state index in [0.717, 1.165) is 12.3 Å². The van der Waals surface area contributed by atoms with E-state index in [1.807, 2.05) is 19.9 Å². The number of hydrogen-bond acceptors (Lipinski definition) is 3. The maximum atomic E-state index is 11.5. The number of hydrogen-bond donors (Lipinski definition) is 1. The van der Waals surface area contributed by atoms with Crippen molar-refractivity contribution in [2.24, 2.45) is 0 Å². The standard InChI is InChI=1S/C11H17NO2/c1-3-12-9(2)7-10(13)8-11-5-4-6-14-11/h4-6,9,12H,3,7-8H2,1-2H3. The Bertz CT molecular complexity index is 267. The molecule has 0 aliphatic heterocycles. The van der Waals surface area contributed by atoms with Crippen LogP contribution in [0.15, 0.2) is 22.8 Å². The van der Waals surface area contributed by atoms with Crippen LogP contribution >= 0.6 is 0 Å². The molecule has 1 N–H and O–H groups in total. The third-order valence-corrected chi connectivity index (χ3v) is 2.04. The Labute approximate surface area is 84.5 Å².